The van der Waals surface area contributed by atoms with E-state index in [-0.39, 0.29) is 11.7 Å². The maximum Gasteiger partial charge on any atom is 0.387 e. The lowest BCUT2D eigenvalue weighted by Crippen LogP contribution is -2.10. The molecule has 2 rings (SSSR count). The van der Waals surface area contributed by atoms with Crippen molar-refractivity contribution in [3.05, 3.63) is 65.7 Å². The zero-order valence-corrected chi connectivity index (χ0v) is 13.5. The number of carbonyl (C=O) groups excluding carboxylic acids is 1. The van der Waals surface area contributed by atoms with Gasteiger partial charge in [0.05, 0.1) is 0 Å². The Labute approximate surface area is 140 Å². The van der Waals surface area contributed by atoms with Crippen LogP contribution in [0.3, 0.4) is 0 Å². The molecule has 0 fully saturated rings. The van der Waals surface area contributed by atoms with Crippen LogP contribution >= 0.6 is 0 Å². The molecule has 0 unspecified atom stereocenters. The van der Waals surface area contributed by atoms with Gasteiger partial charge in [-0.2, -0.15) is 8.78 Å². The second kappa shape index (κ2) is 8.24. The Hall–Kier alpha value is -2.69. The van der Waals surface area contributed by atoms with Gasteiger partial charge in [0.1, 0.15) is 5.75 Å². The number of carbonyl (C=O) groups is 1. The van der Waals surface area contributed by atoms with Gasteiger partial charge in [-0.1, -0.05) is 44.2 Å². The van der Waals surface area contributed by atoms with E-state index in [4.69, 9.17) is 0 Å². The Balaban J connectivity index is 2.01. The molecule has 0 spiro atoms. The number of hydrogen-bond acceptors (Lipinski definition) is 2. The zero-order valence-electron chi connectivity index (χ0n) is 13.5. The molecule has 0 aromatic heterocycles. The predicted molar refractivity (Wildman–Crippen MR) is 91.3 cm³/mol. The van der Waals surface area contributed by atoms with E-state index < -0.39 is 6.61 Å². The van der Waals surface area contributed by atoms with E-state index in [0.29, 0.717) is 11.5 Å². The lowest BCUT2D eigenvalue weighted by atomic mass is 10.0. The molecule has 0 bridgehead atoms. The quantitative estimate of drug-likeness (QED) is 0.751. The van der Waals surface area contributed by atoms with Crippen molar-refractivity contribution >= 4 is 17.7 Å². The van der Waals surface area contributed by atoms with Crippen LogP contribution in [0.1, 0.15) is 30.9 Å². The van der Waals surface area contributed by atoms with Gasteiger partial charge in [-0.15, -0.1) is 0 Å². The highest BCUT2D eigenvalue weighted by atomic mass is 19.3. The molecule has 126 valence electrons. The van der Waals surface area contributed by atoms with E-state index in [1.165, 1.54) is 18.2 Å². The Bertz CT molecular complexity index is 710. The summed E-state index contributed by atoms with van der Waals surface area (Å²) in [5.74, 6) is 0.126. The van der Waals surface area contributed by atoms with E-state index in [0.717, 1.165) is 11.3 Å². The highest BCUT2D eigenvalue weighted by Gasteiger charge is 2.07. The number of alkyl halides is 2. The lowest BCUT2D eigenvalue weighted by molar-refractivity contribution is -0.111. The van der Waals surface area contributed by atoms with Crippen LogP contribution in [0.25, 0.3) is 6.08 Å². The third-order valence-corrected chi connectivity index (χ3v) is 3.37. The van der Waals surface area contributed by atoms with Crippen LogP contribution in [0.15, 0.2) is 54.6 Å². The number of halogens is 2. The van der Waals surface area contributed by atoms with Gasteiger partial charge in [0.15, 0.2) is 0 Å². The summed E-state index contributed by atoms with van der Waals surface area (Å²) in [6, 6.07) is 13.7. The average Bonchev–Trinajstić information content (AvgIpc) is 2.54. The van der Waals surface area contributed by atoms with Gasteiger partial charge < -0.3 is 10.1 Å². The molecule has 0 radical (unpaired) electrons. The Morgan fingerprint density at radius 2 is 1.75 bits per heavy atom. The molecule has 0 atom stereocenters. The van der Waals surface area contributed by atoms with Gasteiger partial charge >= 0.3 is 6.61 Å². The second-order valence-electron chi connectivity index (χ2n) is 5.51. The standard InChI is InChI=1S/C19H19F2NO2/c1-13(2)16-5-3-4-6-17(16)22-18(23)12-9-14-7-10-15(11-8-14)24-19(20)21/h3-13,19H,1-2H3,(H,22,23)/b12-9+. The minimum Gasteiger partial charge on any atom is -0.435 e. The number of ether oxygens (including phenoxy) is 1. The third kappa shape index (κ3) is 5.19. The first-order chi connectivity index (χ1) is 11.5. The first-order valence-corrected chi connectivity index (χ1v) is 7.58. The molecule has 2 aromatic carbocycles. The van der Waals surface area contributed by atoms with Crippen molar-refractivity contribution in [2.75, 3.05) is 5.32 Å². The predicted octanol–water partition coefficient (Wildman–Crippen LogP) is 5.06. The number of nitrogens with one attached hydrogen (secondary N) is 1. The molecule has 0 saturated heterocycles. The van der Waals surface area contributed by atoms with Crippen LogP contribution in [0.5, 0.6) is 5.75 Å². The van der Waals surface area contributed by atoms with Crippen LogP contribution < -0.4 is 10.1 Å². The first-order valence-electron chi connectivity index (χ1n) is 7.58. The maximum atomic E-state index is 12.1. The summed E-state index contributed by atoms with van der Waals surface area (Å²) in [5.41, 5.74) is 2.56. The normalized spacial score (nSPS) is 11.2. The van der Waals surface area contributed by atoms with Crippen molar-refractivity contribution in [3.8, 4) is 5.75 Å². The van der Waals surface area contributed by atoms with Gasteiger partial charge in [0.25, 0.3) is 0 Å². The number of para-hydroxylation sites is 1. The molecule has 0 aliphatic heterocycles. The highest BCUT2D eigenvalue weighted by Crippen LogP contribution is 2.23. The van der Waals surface area contributed by atoms with Crippen molar-refractivity contribution in [1.29, 1.82) is 0 Å². The number of amides is 1. The van der Waals surface area contributed by atoms with E-state index in [1.807, 2.05) is 24.3 Å². The van der Waals surface area contributed by atoms with E-state index in [9.17, 15) is 13.6 Å². The zero-order chi connectivity index (χ0) is 17.5. The molecule has 3 nitrogen and oxygen atoms in total. The Kier molecular flexibility index (Phi) is 6.07. The molecular weight excluding hydrogens is 312 g/mol. The van der Waals surface area contributed by atoms with Gasteiger partial charge in [0, 0.05) is 11.8 Å². The first kappa shape index (κ1) is 17.7. The van der Waals surface area contributed by atoms with Crippen LogP contribution in [0.2, 0.25) is 0 Å². The van der Waals surface area contributed by atoms with Gasteiger partial charge in [0.2, 0.25) is 5.91 Å². The lowest BCUT2D eigenvalue weighted by Gasteiger charge is -2.12. The molecule has 24 heavy (non-hydrogen) atoms. The van der Waals surface area contributed by atoms with Crippen LogP contribution in [0, 0.1) is 0 Å². The summed E-state index contributed by atoms with van der Waals surface area (Å²) in [6.45, 7) is 1.27. The van der Waals surface area contributed by atoms with Crippen LogP contribution in [-0.4, -0.2) is 12.5 Å². The molecule has 5 heteroatoms. The van der Waals surface area contributed by atoms with Crippen molar-refractivity contribution < 1.29 is 18.3 Å². The summed E-state index contributed by atoms with van der Waals surface area (Å²) in [6.07, 6.45) is 3.01. The fourth-order valence-electron chi connectivity index (χ4n) is 2.22. The Morgan fingerprint density at radius 3 is 2.38 bits per heavy atom. The number of benzene rings is 2. The minimum absolute atomic E-state index is 0.0810. The smallest absolute Gasteiger partial charge is 0.387 e. The summed E-state index contributed by atoms with van der Waals surface area (Å²) in [4.78, 5) is 12.1. The van der Waals surface area contributed by atoms with E-state index in [1.54, 1.807) is 18.2 Å². The largest absolute Gasteiger partial charge is 0.435 e. The second-order valence-corrected chi connectivity index (χ2v) is 5.51. The van der Waals surface area contributed by atoms with Crippen molar-refractivity contribution in [2.45, 2.75) is 26.4 Å². The SMILES string of the molecule is CC(C)c1ccccc1NC(=O)/C=C/c1ccc(OC(F)F)cc1. The topological polar surface area (TPSA) is 38.3 Å². The monoisotopic (exact) mass is 331 g/mol. The molecular formula is C19H19F2NO2. The molecule has 0 aliphatic rings. The average molecular weight is 331 g/mol. The molecule has 0 aliphatic carbocycles. The minimum atomic E-state index is -2.85. The van der Waals surface area contributed by atoms with E-state index >= 15 is 0 Å². The molecule has 2 aromatic rings. The van der Waals surface area contributed by atoms with E-state index in [2.05, 4.69) is 23.9 Å². The van der Waals surface area contributed by atoms with Crippen LogP contribution in [0.4, 0.5) is 14.5 Å². The van der Waals surface area contributed by atoms with Crippen molar-refractivity contribution in [2.24, 2.45) is 0 Å². The molecule has 0 heterocycles. The highest BCUT2D eigenvalue weighted by molar-refractivity contribution is 6.02. The maximum absolute atomic E-state index is 12.1. The molecule has 0 saturated carbocycles. The number of hydrogen-bond donors (Lipinski definition) is 1. The van der Waals surface area contributed by atoms with Gasteiger partial charge in [-0.3, -0.25) is 4.79 Å². The number of anilines is 1. The molecule has 1 amide bonds. The van der Waals surface area contributed by atoms with Crippen LogP contribution in [-0.2, 0) is 4.79 Å². The van der Waals surface area contributed by atoms with Crippen molar-refractivity contribution in [3.63, 3.8) is 0 Å². The summed E-state index contributed by atoms with van der Waals surface area (Å²) in [7, 11) is 0. The van der Waals surface area contributed by atoms with Gasteiger partial charge in [-0.25, -0.2) is 0 Å². The fourth-order valence-corrected chi connectivity index (χ4v) is 2.22. The van der Waals surface area contributed by atoms with Gasteiger partial charge in [-0.05, 0) is 41.3 Å². The number of rotatable bonds is 6. The summed E-state index contributed by atoms with van der Waals surface area (Å²) >= 11 is 0. The van der Waals surface area contributed by atoms with Crippen molar-refractivity contribution in [1.82, 2.24) is 0 Å². The third-order valence-electron chi connectivity index (χ3n) is 3.37. The summed E-state index contributed by atoms with van der Waals surface area (Å²) < 4.78 is 28.4. The fraction of sp³-hybridized carbons (Fsp3) is 0.211. The summed E-state index contributed by atoms with van der Waals surface area (Å²) in [5, 5.41) is 2.85. The Morgan fingerprint density at radius 1 is 1.08 bits per heavy atom. The molecule has 1 N–H and O–H groups in total.